The summed E-state index contributed by atoms with van der Waals surface area (Å²) in [4.78, 5) is 22.2. The number of ether oxygens (including phenoxy) is 4. The van der Waals surface area contributed by atoms with E-state index in [4.69, 9.17) is 9.05 Å². The molecule has 0 fully saturated rings. The van der Waals surface area contributed by atoms with Crippen LogP contribution in [0.15, 0.2) is 11.9 Å². The van der Waals surface area contributed by atoms with Crippen molar-refractivity contribution >= 4 is 19.9 Å². The summed E-state index contributed by atoms with van der Waals surface area (Å²) in [5.41, 5.74) is 0. The zero-order chi connectivity index (χ0) is 17.6. The summed E-state index contributed by atoms with van der Waals surface area (Å²) in [6.45, 7) is 4.37. The summed E-state index contributed by atoms with van der Waals surface area (Å²) < 4.78 is 40.4. The van der Waals surface area contributed by atoms with Crippen molar-refractivity contribution in [1.82, 2.24) is 0 Å². The molecule has 0 aliphatic heterocycles. The predicted molar refractivity (Wildman–Crippen MR) is 79.8 cm³/mol. The molecule has 0 rings (SSSR count). The van der Waals surface area contributed by atoms with Gasteiger partial charge in [-0.3, -0.25) is 13.6 Å². The zero-order valence-electron chi connectivity index (χ0n) is 13.5. The Morgan fingerprint density at radius 1 is 0.870 bits per heavy atom. The van der Waals surface area contributed by atoms with Crippen molar-refractivity contribution in [2.24, 2.45) is 0 Å². The van der Waals surface area contributed by atoms with Gasteiger partial charge in [-0.05, 0) is 19.8 Å². The van der Waals surface area contributed by atoms with Gasteiger partial charge in [0.1, 0.15) is 0 Å². The Morgan fingerprint density at radius 3 is 1.65 bits per heavy atom. The lowest BCUT2D eigenvalue weighted by molar-refractivity contribution is -0.0192. The summed E-state index contributed by atoms with van der Waals surface area (Å²) in [5.74, 6) is 1.13. The Kier molecular flexibility index (Phi) is 12.0. The summed E-state index contributed by atoms with van der Waals surface area (Å²) in [5, 5.41) is 0. The van der Waals surface area contributed by atoms with Gasteiger partial charge in [-0.1, -0.05) is 19.9 Å². The highest BCUT2D eigenvalue weighted by atomic mass is 31.2. The number of rotatable bonds is 11. The van der Waals surface area contributed by atoms with Crippen molar-refractivity contribution in [3.05, 3.63) is 11.9 Å². The van der Waals surface area contributed by atoms with Crippen LogP contribution in [0.1, 0.15) is 33.6 Å². The van der Waals surface area contributed by atoms with E-state index in [0.717, 1.165) is 5.82 Å². The van der Waals surface area contributed by atoms with Crippen molar-refractivity contribution in [2.45, 2.75) is 33.6 Å². The minimum atomic E-state index is -3.73. The van der Waals surface area contributed by atoms with Gasteiger partial charge < -0.3 is 18.9 Å². The second-order valence-corrected chi connectivity index (χ2v) is 5.90. The fraction of sp³-hybridized carbons (Fsp3) is 0.692. The molecular weight excluding hydrogens is 331 g/mol. The minimum absolute atomic E-state index is 0.204. The average Bonchev–Trinajstić information content (AvgIpc) is 2.51. The van der Waals surface area contributed by atoms with E-state index < -0.39 is 33.5 Å². The molecule has 0 aromatic heterocycles. The van der Waals surface area contributed by atoms with Gasteiger partial charge in [-0.15, -0.1) is 0 Å². The van der Waals surface area contributed by atoms with Gasteiger partial charge in [0.2, 0.25) is 13.6 Å². The maximum Gasteiger partial charge on any atom is 0.510 e. The van der Waals surface area contributed by atoms with Crippen molar-refractivity contribution in [1.29, 1.82) is 0 Å². The molecule has 0 atom stereocenters. The van der Waals surface area contributed by atoms with Crippen LogP contribution in [0.3, 0.4) is 0 Å². The third-order valence-corrected chi connectivity index (χ3v) is 3.59. The highest BCUT2D eigenvalue weighted by Crippen LogP contribution is 2.49. The van der Waals surface area contributed by atoms with Crippen LogP contribution in [0.4, 0.5) is 9.59 Å². The van der Waals surface area contributed by atoms with Crippen LogP contribution < -0.4 is 0 Å². The monoisotopic (exact) mass is 354 g/mol. The number of carbonyl (C=O) groups is 2. The molecule has 10 heteroatoms. The molecule has 0 aromatic rings. The standard InChI is InChI=1S/C13H23O9P/c1-4-7-17-12(14)19-10-21-23(16,9-6-3)22-11-20-13(15)18-8-5-2/h6,9H,4-5,7-8,10-11H2,1-3H3/b9-6+. The first-order valence-corrected chi connectivity index (χ1v) is 8.70. The third-order valence-electron chi connectivity index (χ3n) is 2.00. The molecule has 0 bridgehead atoms. The predicted octanol–water partition coefficient (Wildman–Crippen LogP) is 3.79. The van der Waals surface area contributed by atoms with E-state index >= 15 is 0 Å². The van der Waals surface area contributed by atoms with Crippen LogP contribution in [0.25, 0.3) is 0 Å². The summed E-state index contributed by atoms with van der Waals surface area (Å²) in [6, 6.07) is 0. The average molecular weight is 354 g/mol. The molecule has 0 saturated carbocycles. The molecule has 0 spiro atoms. The summed E-state index contributed by atoms with van der Waals surface area (Å²) in [6.07, 6.45) is 0.811. The number of hydrogen-bond donors (Lipinski definition) is 0. The van der Waals surface area contributed by atoms with Crippen LogP contribution in [0.2, 0.25) is 0 Å². The maximum absolute atomic E-state index is 12.2. The molecule has 0 aliphatic rings. The van der Waals surface area contributed by atoms with Crippen molar-refractivity contribution in [3.63, 3.8) is 0 Å². The van der Waals surface area contributed by atoms with Crippen molar-refractivity contribution in [2.75, 3.05) is 26.8 Å². The van der Waals surface area contributed by atoms with Gasteiger partial charge in [0, 0.05) is 5.82 Å². The fourth-order valence-electron chi connectivity index (χ4n) is 1.06. The number of carbonyl (C=O) groups excluding carboxylic acids is 2. The second-order valence-electron chi connectivity index (χ2n) is 4.00. The second kappa shape index (κ2) is 12.9. The molecule has 0 heterocycles. The Morgan fingerprint density at radius 2 is 1.30 bits per heavy atom. The Labute approximate surface area is 135 Å². The van der Waals surface area contributed by atoms with E-state index in [2.05, 4.69) is 18.9 Å². The molecule has 0 saturated heterocycles. The smallest absolute Gasteiger partial charge is 0.434 e. The van der Waals surface area contributed by atoms with Crippen molar-refractivity contribution in [3.8, 4) is 0 Å². The lowest BCUT2D eigenvalue weighted by Gasteiger charge is -2.15. The first-order valence-electron chi connectivity index (χ1n) is 7.09. The zero-order valence-corrected chi connectivity index (χ0v) is 14.4. The highest BCUT2D eigenvalue weighted by molar-refractivity contribution is 7.57. The first kappa shape index (κ1) is 21.4. The van der Waals surface area contributed by atoms with Crippen LogP contribution in [-0.2, 0) is 32.6 Å². The van der Waals surface area contributed by atoms with Gasteiger partial charge in [-0.2, -0.15) is 0 Å². The molecule has 0 N–H and O–H groups in total. The van der Waals surface area contributed by atoms with E-state index in [1.807, 2.05) is 13.8 Å². The van der Waals surface area contributed by atoms with Gasteiger partial charge in [-0.25, -0.2) is 9.59 Å². The lowest BCUT2D eigenvalue weighted by Crippen LogP contribution is -2.12. The van der Waals surface area contributed by atoms with Gasteiger partial charge in [0.25, 0.3) is 0 Å². The molecule has 0 unspecified atom stereocenters. The Hall–Kier alpha value is -1.57. The number of hydrogen-bond acceptors (Lipinski definition) is 9. The third kappa shape index (κ3) is 11.6. The van der Waals surface area contributed by atoms with Crippen LogP contribution >= 0.6 is 7.60 Å². The largest absolute Gasteiger partial charge is 0.510 e. The molecule has 0 radical (unpaired) electrons. The van der Waals surface area contributed by atoms with Crippen molar-refractivity contribution < 1.29 is 42.1 Å². The molecule has 0 aromatic carbocycles. The first-order chi connectivity index (χ1) is 11.0. The van der Waals surface area contributed by atoms with Crippen LogP contribution in [0.5, 0.6) is 0 Å². The fourth-order valence-corrected chi connectivity index (χ4v) is 2.07. The summed E-state index contributed by atoms with van der Waals surface area (Å²) in [7, 11) is -3.73. The SMILES string of the molecule is C/C=C/P(=O)(OCOC(=O)OCCC)OCOC(=O)OCCC. The molecular formula is C13H23O9P. The Balaban J connectivity index is 4.17. The van der Waals surface area contributed by atoms with E-state index in [9.17, 15) is 14.2 Å². The minimum Gasteiger partial charge on any atom is -0.434 e. The topological polar surface area (TPSA) is 107 Å². The lowest BCUT2D eigenvalue weighted by atomic mass is 10.5. The van der Waals surface area contributed by atoms with Crippen LogP contribution in [-0.4, -0.2) is 39.1 Å². The van der Waals surface area contributed by atoms with Gasteiger partial charge in [0.05, 0.1) is 13.2 Å². The normalized spacial score (nSPS) is 11.3. The molecule has 23 heavy (non-hydrogen) atoms. The summed E-state index contributed by atoms with van der Waals surface area (Å²) >= 11 is 0. The maximum atomic E-state index is 12.2. The molecule has 0 aliphatic carbocycles. The number of allylic oxidation sites excluding steroid dienone is 1. The molecule has 134 valence electrons. The van der Waals surface area contributed by atoms with Gasteiger partial charge >= 0.3 is 19.9 Å². The Bertz CT molecular complexity index is 392. The van der Waals surface area contributed by atoms with E-state index in [1.54, 1.807) is 6.92 Å². The quantitative estimate of drug-likeness (QED) is 0.311. The van der Waals surface area contributed by atoms with Gasteiger partial charge in [0.15, 0.2) is 0 Å². The molecule has 9 nitrogen and oxygen atoms in total. The van der Waals surface area contributed by atoms with E-state index in [-0.39, 0.29) is 13.2 Å². The highest BCUT2D eigenvalue weighted by Gasteiger charge is 2.22. The molecule has 0 amide bonds. The van der Waals surface area contributed by atoms with E-state index in [0.29, 0.717) is 12.8 Å². The van der Waals surface area contributed by atoms with E-state index in [1.165, 1.54) is 6.08 Å². The van der Waals surface area contributed by atoms with Crippen LogP contribution in [0, 0.1) is 0 Å².